The van der Waals surface area contributed by atoms with Gasteiger partial charge in [-0.2, -0.15) is 0 Å². The Hall–Kier alpha value is -0.650. The zero-order valence-corrected chi connectivity index (χ0v) is 13.9. The average Bonchev–Trinajstić information content (AvgIpc) is 3.02. The number of aryl methyl sites for hydroxylation is 1. The molecule has 4 nitrogen and oxygen atoms in total. The van der Waals surface area contributed by atoms with Crippen LogP contribution in [-0.2, 0) is 17.7 Å². The lowest BCUT2D eigenvalue weighted by Gasteiger charge is -2.14. The highest BCUT2D eigenvalue weighted by Crippen LogP contribution is 2.31. The van der Waals surface area contributed by atoms with Crippen LogP contribution in [0.3, 0.4) is 0 Å². The molecule has 1 aromatic rings. The van der Waals surface area contributed by atoms with E-state index in [-0.39, 0.29) is 0 Å². The van der Waals surface area contributed by atoms with Crippen molar-refractivity contribution in [2.24, 2.45) is 5.92 Å². The zero-order chi connectivity index (χ0) is 14.5. The van der Waals surface area contributed by atoms with Gasteiger partial charge in [-0.05, 0) is 12.8 Å². The van der Waals surface area contributed by atoms with E-state index >= 15 is 0 Å². The summed E-state index contributed by atoms with van der Waals surface area (Å²) >= 11 is 1.85. The SMILES string of the molecule is CCc1nc(N2CCC(COC)C2)sc1CNC(C)C. The van der Waals surface area contributed by atoms with Gasteiger partial charge in [-0.1, -0.05) is 20.8 Å². The van der Waals surface area contributed by atoms with Crippen LogP contribution in [0.1, 0.15) is 37.8 Å². The molecule has 0 spiro atoms. The van der Waals surface area contributed by atoms with Crippen LogP contribution < -0.4 is 10.2 Å². The van der Waals surface area contributed by atoms with Crippen molar-refractivity contribution in [3.8, 4) is 0 Å². The fourth-order valence-electron chi connectivity index (χ4n) is 2.59. The monoisotopic (exact) mass is 297 g/mol. The summed E-state index contributed by atoms with van der Waals surface area (Å²) < 4.78 is 5.27. The average molecular weight is 297 g/mol. The molecule has 2 heterocycles. The summed E-state index contributed by atoms with van der Waals surface area (Å²) in [6, 6.07) is 0.517. The summed E-state index contributed by atoms with van der Waals surface area (Å²) in [7, 11) is 1.79. The quantitative estimate of drug-likeness (QED) is 0.839. The van der Waals surface area contributed by atoms with Gasteiger partial charge in [-0.25, -0.2) is 4.98 Å². The summed E-state index contributed by atoms with van der Waals surface area (Å²) in [6.45, 7) is 10.6. The highest BCUT2D eigenvalue weighted by Gasteiger charge is 2.25. The van der Waals surface area contributed by atoms with Gasteiger partial charge in [0.15, 0.2) is 5.13 Å². The number of anilines is 1. The lowest BCUT2D eigenvalue weighted by Crippen LogP contribution is -2.21. The van der Waals surface area contributed by atoms with Crippen molar-refractivity contribution in [1.29, 1.82) is 0 Å². The smallest absolute Gasteiger partial charge is 0.185 e. The second kappa shape index (κ2) is 7.38. The molecule has 1 N–H and O–H groups in total. The Bertz CT molecular complexity index is 419. The number of ether oxygens (including phenoxy) is 1. The molecule has 5 heteroatoms. The molecule has 1 atom stereocenters. The van der Waals surface area contributed by atoms with E-state index < -0.39 is 0 Å². The predicted molar refractivity (Wildman–Crippen MR) is 85.7 cm³/mol. The van der Waals surface area contributed by atoms with Crippen molar-refractivity contribution in [3.05, 3.63) is 10.6 Å². The minimum Gasteiger partial charge on any atom is -0.384 e. The summed E-state index contributed by atoms with van der Waals surface area (Å²) in [5, 5.41) is 4.70. The third-order valence-corrected chi connectivity index (χ3v) is 4.89. The van der Waals surface area contributed by atoms with Gasteiger partial charge in [0, 0.05) is 43.6 Å². The molecule has 20 heavy (non-hydrogen) atoms. The Morgan fingerprint density at radius 2 is 2.30 bits per heavy atom. The van der Waals surface area contributed by atoms with Gasteiger partial charge >= 0.3 is 0 Å². The number of rotatable bonds is 7. The summed E-state index contributed by atoms with van der Waals surface area (Å²) in [5.41, 5.74) is 1.26. The van der Waals surface area contributed by atoms with Crippen molar-refractivity contribution in [3.63, 3.8) is 0 Å². The van der Waals surface area contributed by atoms with Crippen LogP contribution in [0.4, 0.5) is 5.13 Å². The van der Waals surface area contributed by atoms with Crippen molar-refractivity contribution >= 4 is 16.5 Å². The Balaban J connectivity index is 2.02. The van der Waals surface area contributed by atoms with Crippen LogP contribution in [0.25, 0.3) is 0 Å². The van der Waals surface area contributed by atoms with Gasteiger partial charge < -0.3 is 15.0 Å². The Kier molecular flexibility index (Phi) is 5.81. The lowest BCUT2D eigenvalue weighted by molar-refractivity contribution is 0.161. The molecule has 1 aliphatic heterocycles. The standard InChI is InChI=1S/C15H27N3OS/c1-5-13-14(8-16-11(2)3)20-15(17-13)18-7-6-12(9-18)10-19-4/h11-12,16H,5-10H2,1-4H3. The van der Waals surface area contributed by atoms with Crippen LogP contribution in [-0.4, -0.2) is 37.8 Å². The van der Waals surface area contributed by atoms with Crippen molar-refractivity contribution < 1.29 is 4.74 Å². The first kappa shape index (κ1) is 15.7. The number of thiazole rings is 1. The third-order valence-electron chi connectivity index (χ3n) is 3.73. The second-order valence-corrected chi connectivity index (χ2v) is 6.87. The van der Waals surface area contributed by atoms with Gasteiger partial charge in [-0.3, -0.25) is 0 Å². The molecule has 0 bridgehead atoms. The molecule has 1 fully saturated rings. The zero-order valence-electron chi connectivity index (χ0n) is 13.1. The van der Waals surface area contributed by atoms with Crippen LogP contribution in [0.15, 0.2) is 0 Å². The number of methoxy groups -OCH3 is 1. The minimum atomic E-state index is 0.517. The molecule has 1 aromatic heterocycles. The number of aromatic nitrogens is 1. The highest BCUT2D eigenvalue weighted by atomic mass is 32.1. The first-order valence-electron chi connectivity index (χ1n) is 7.59. The fourth-order valence-corrected chi connectivity index (χ4v) is 3.73. The predicted octanol–water partition coefficient (Wildman–Crippen LogP) is 2.68. The van der Waals surface area contributed by atoms with Gasteiger partial charge in [-0.15, -0.1) is 11.3 Å². The van der Waals surface area contributed by atoms with E-state index in [4.69, 9.17) is 9.72 Å². The van der Waals surface area contributed by atoms with Gasteiger partial charge in [0.2, 0.25) is 0 Å². The summed E-state index contributed by atoms with van der Waals surface area (Å²) in [6.07, 6.45) is 2.23. The number of hydrogen-bond donors (Lipinski definition) is 1. The molecule has 1 aliphatic rings. The Labute approximate surface area is 126 Å². The van der Waals surface area contributed by atoms with E-state index in [9.17, 15) is 0 Å². The summed E-state index contributed by atoms with van der Waals surface area (Å²) in [4.78, 5) is 8.66. The maximum Gasteiger partial charge on any atom is 0.185 e. The van der Waals surface area contributed by atoms with E-state index in [0.717, 1.165) is 32.7 Å². The van der Waals surface area contributed by atoms with E-state index in [1.807, 2.05) is 11.3 Å². The van der Waals surface area contributed by atoms with E-state index in [2.05, 4.69) is 31.0 Å². The molecular formula is C15H27N3OS. The first-order chi connectivity index (χ1) is 9.63. The Morgan fingerprint density at radius 3 is 2.95 bits per heavy atom. The number of nitrogens with zero attached hydrogens (tertiary/aromatic N) is 2. The van der Waals surface area contributed by atoms with Crippen molar-refractivity contribution in [1.82, 2.24) is 10.3 Å². The Morgan fingerprint density at radius 1 is 1.50 bits per heavy atom. The highest BCUT2D eigenvalue weighted by molar-refractivity contribution is 7.15. The van der Waals surface area contributed by atoms with Crippen LogP contribution >= 0.6 is 11.3 Å². The number of nitrogens with one attached hydrogen (secondary N) is 1. The normalized spacial score (nSPS) is 19.2. The largest absolute Gasteiger partial charge is 0.384 e. The van der Waals surface area contributed by atoms with Crippen LogP contribution in [0.2, 0.25) is 0 Å². The number of hydrogen-bond acceptors (Lipinski definition) is 5. The van der Waals surface area contributed by atoms with E-state index in [1.54, 1.807) is 7.11 Å². The molecule has 1 saturated heterocycles. The third kappa shape index (κ3) is 3.93. The molecule has 0 radical (unpaired) electrons. The topological polar surface area (TPSA) is 37.4 Å². The lowest BCUT2D eigenvalue weighted by atomic mass is 10.1. The van der Waals surface area contributed by atoms with E-state index in [0.29, 0.717) is 12.0 Å². The van der Waals surface area contributed by atoms with Gasteiger partial charge in [0.05, 0.1) is 12.3 Å². The van der Waals surface area contributed by atoms with Crippen LogP contribution in [0, 0.1) is 5.92 Å². The molecule has 1 unspecified atom stereocenters. The van der Waals surface area contributed by atoms with Crippen molar-refractivity contribution in [2.45, 2.75) is 46.2 Å². The molecule has 0 saturated carbocycles. The maximum atomic E-state index is 5.27. The van der Waals surface area contributed by atoms with Crippen LogP contribution in [0.5, 0.6) is 0 Å². The molecule has 2 rings (SSSR count). The van der Waals surface area contributed by atoms with Gasteiger partial charge in [0.1, 0.15) is 0 Å². The molecule has 0 amide bonds. The molecular weight excluding hydrogens is 270 g/mol. The fraction of sp³-hybridized carbons (Fsp3) is 0.800. The molecule has 114 valence electrons. The first-order valence-corrected chi connectivity index (χ1v) is 8.41. The minimum absolute atomic E-state index is 0.517. The maximum absolute atomic E-state index is 5.27. The summed E-state index contributed by atoms with van der Waals surface area (Å²) in [5.74, 6) is 0.659. The molecule has 0 aliphatic carbocycles. The van der Waals surface area contributed by atoms with Crippen molar-refractivity contribution in [2.75, 3.05) is 31.7 Å². The second-order valence-electron chi connectivity index (χ2n) is 5.81. The van der Waals surface area contributed by atoms with Gasteiger partial charge in [0.25, 0.3) is 0 Å². The van der Waals surface area contributed by atoms with E-state index in [1.165, 1.54) is 22.1 Å². The molecule has 0 aromatic carbocycles.